The quantitative estimate of drug-likeness (QED) is 0.650. The van der Waals surface area contributed by atoms with Crippen LogP contribution in [0.15, 0.2) is 36.4 Å². The van der Waals surface area contributed by atoms with Crippen molar-refractivity contribution in [2.45, 2.75) is 31.5 Å². The number of aliphatic hydroxyl groups is 1. The number of hydrogen-bond acceptors (Lipinski definition) is 5. The molecule has 1 aromatic carbocycles. The highest BCUT2D eigenvalue weighted by molar-refractivity contribution is 6.23. The van der Waals surface area contributed by atoms with Crippen molar-refractivity contribution in [2.75, 3.05) is 18.1 Å². The van der Waals surface area contributed by atoms with E-state index in [9.17, 15) is 14.7 Å². The Labute approximate surface area is 146 Å². The van der Waals surface area contributed by atoms with Gasteiger partial charge in [0.1, 0.15) is 11.4 Å². The summed E-state index contributed by atoms with van der Waals surface area (Å²) >= 11 is 0. The minimum Gasteiger partial charge on any atom is -0.494 e. The zero-order chi connectivity index (χ0) is 17.8. The third kappa shape index (κ3) is 2.10. The van der Waals surface area contributed by atoms with Crippen LogP contribution in [0, 0.1) is 11.8 Å². The summed E-state index contributed by atoms with van der Waals surface area (Å²) in [5.74, 6) is -1.18. The number of ether oxygens (including phenoxy) is 2. The molecule has 4 rings (SSSR count). The maximum Gasteiger partial charge on any atom is 0.241 e. The summed E-state index contributed by atoms with van der Waals surface area (Å²) in [6, 6.07) is 6.94. The molecule has 0 saturated carbocycles. The van der Waals surface area contributed by atoms with Gasteiger partial charge in [0, 0.05) is 0 Å². The monoisotopic (exact) mass is 343 g/mol. The molecule has 2 saturated heterocycles. The van der Waals surface area contributed by atoms with Gasteiger partial charge in [-0.25, -0.2) is 4.90 Å². The molecule has 4 atom stereocenters. The van der Waals surface area contributed by atoms with Gasteiger partial charge in [0.25, 0.3) is 0 Å². The van der Waals surface area contributed by atoms with Crippen molar-refractivity contribution in [3.05, 3.63) is 36.4 Å². The first-order valence-electron chi connectivity index (χ1n) is 8.58. The SMILES string of the molecule is CCCOc1ccc(N2C(=O)[C@H]3[C@H](C2=O)[C@@]2(CO)C=C[C@@]3(C)O2)cc1. The zero-order valence-electron chi connectivity index (χ0n) is 14.3. The standard InChI is InChI=1S/C19H21NO5/c1-3-10-24-13-6-4-12(5-7-13)20-16(22)14-15(17(20)23)19(11-21)9-8-18(14,2)25-19/h4-9,14-15,21H,3,10-11H2,1-2H3/t14-,15-,18-,19+/m1/s1. The lowest BCUT2D eigenvalue weighted by Gasteiger charge is -2.27. The number of rotatable bonds is 5. The van der Waals surface area contributed by atoms with Crippen molar-refractivity contribution in [2.24, 2.45) is 11.8 Å². The van der Waals surface area contributed by atoms with E-state index < -0.39 is 23.0 Å². The molecule has 0 aromatic heterocycles. The average Bonchev–Trinajstić information content (AvgIpc) is 3.19. The summed E-state index contributed by atoms with van der Waals surface area (Å²) < 4.78 is 11.4. The summed E-state index contributed by atoms with van der Waals surface area (Å²) in [4.78, 5) is 27.2. The molecule has 2 bridgehead atoms. The summed E-state index contributed by atoms with van der Waals surface area (Å²) in [5, 5.41) is 9.81. The van der Waals surface area contributed by atoms with E-state index in [-0.39, 0.29) is 18.4 Å². The van der Waals surface area contributed by atoms with Gasteiger partial charge in [-0.15, -0.1) is 0 Å². The van der Waals surface area contributed by atoms with E-state index in [0.29, 0.717) is 18.0 Å². The van der Waals surface area contributed by atoms with Crippen molar-refractivity contribution in [1.29, 1.82) is 0 Å². The van der Waals surface area contributed by atoms with Gasteiger partial charge in [0.2, 0.25) is 11.8 Å². The molecule has 0 unspecified atom stereocenters. The number of benzene rings is 1. The van der Waals surface area contributed by atoms with Gasteiger partial charge in [-0.3, -0.25) is 9.59 Å². The van der Waals surface area contributed by atoms with Gasteiger partial charge in [-0.2, -0.15) is 0 Å². The largest absolute Gasteiger partial charge is 0.494 e. The van der Waals surface area contributed by atoms with Gasteiger partial charge >= 0.3 is 0 Å². The lowest BCUT2D eigenvalue weighted by Crippen LogP contribution is -2.43. The Bertz CT molecular complexity index is 758. The third-order valence-electron chi connectivity index (χ3n) is 5.37. The molecule has 0 spiro atoms. The van der Waals surface area contributed by atoms with Crippen LogP contribution in [-0.4, -0.2) is 41.3 Å². The molecule has 25 heavy (non-hydrogen) atoms. The zero-order valence-corrected chi connectivity index (χ0v) is 14.3. The molecule has 2 fully saturated rings. The fourth-order valence-electron chi connectivity index (χ4n) is 4.21. The topological polar surface area (TPSA) is 76.1 Å². The Balaban J connectivity index is 1.66. The molecule has 6 heteroatoms. The van der Waals surface area contributed by atoms with Crippen LogP contribution < -0.4 is 9.64 Å². The van der Waals surface area contributed by atoms with Crippen LogP contribution in [0.25, 0.3) is 0 Å². The number of nitrogens with zero attached hydrogens (tertiary/aromatic N) is 1. The van der Waals surface area contributed by atoms with Crippen LogP contribution in [0.4, 0.5) is 5.69 Å². The van der Waals surface area contributed by atoms with E-state index >= 15 is 0 Å². The van der Waals surface area contributed by atoms with Crippen molar-refractivity contribution < 1.29 is 24.2 Å². The fraction of sp³-hybridized carbons (Fsp3) is 0.474. The van der Waals surface area contributed by atoms with Crippen LogP contribution in [0.5, 0.6) is 5.75 Å². The predicted octanol–water partition coefficient (Wildman–Crippen LogP) is 1.67. The molecule has 3 heterocycles. The lowest BCUT2D eigenvalue weighted by atomic mass is 9.73. The Morgan fingerprint density at radius 1 is 1.16 bits per heavy atom. The second kappa shape index (κ2) is 5.41. The maximum absolute atomic E-state index is 13.0. The van der Waals surface area contributed by atoms with Gasteiger partial charge in [0.15, 0.2) is 0 Å². The highest BCUT2D eigenvalue weighted by Gasteiger charge is 2.72. The van der Waals surface area contributed by atoms with E-state index in [1.165, 1.54) is 4.90 Å². The van der Waals surface area contributed by atoms with Crippen LogP contribution in [-0.2, 0) is 14.3 Å². The summed E-state index contributed by atoms with van der Waals surface area (Å²) in [5.41, 5.74) is -1.42. The average molecular weight is 343 g/mol. The second-order valence-corrected chi connectivity index (χ2v) is 7.04. The van der Waals surface area contributed by atoms with E-state index in [0.717, 1.165) is 6.42 Å². The first-order chi connectivity index (χ1) is 12.0. The van der Waals surface area contributed by atoms with Crippen molar-refractivity contribution in [3.63, 3.8) is 0 Å². The first-order valence-corrected chi connectivity index (χ1v) is 8.58. The minimum absolute atomic E-state index is 0.278. The highest BCUT2D eigenvalue weighted by Crippen LogP contribution is 2.57. The maximum atomic E-state index is 13.0. The number of hydrogen-bond donors (Lipinski definition) is 1. The van der Waals surface area contributed by atoms with E-state index in [1.54, 1.807) is 43.3 Å². The third-order valence-corrected chi connectivity index (χ3v) is 5.37. The number of fused-ring (bicyclic) bond motifs is 5. The van der Waals surface area contributed by atoms with Gasteiger partial charge in [-0.1, -0.05) is 19.1 Å². The molecule has 0 aliphatic carbocycles. The Hall–Kier alpha value is -2.18. The number of amides is 2. The Kier molecular flexibility index (Phi) is 3.53. The molecule has 0 radical (unpaired) electrons. The van der Waals surface area contributed by atoms with Crippen LogP contribution in [0.1, 0.15) is 20.3 Å². The summed E-state index contributed by atoms with van der Waals surface area (Å²) in [7, 11) is 0. The van der Waals surface area contributed by atoms with E-state index in [1.807, 2.05) is 6.92 Å². The fourth-order valence-corrected chi connectivity index (χ4v) is 4.21. The van der Waals surface area contributed by atoms with Gasteiger partial charge in [-0.05, 0) is 37.6 Å². The predicted molar refractivity (Wildman–Crippen MR) is 90.1 cm³/mol. The number of carbonyl (C=O) groups excluding carboxylic acids is 2. The molecule has 3 aliphatic heterocycles. The van der Waals surface area contributed by atoms with Crippen molar-refractivity contribution in [1.82, 2.24) is 0 Å². The van der Waals surface area contributed by atoms with E-state index in [2.05, 4.69) is 0 Å². The number of anilines is 1. The molecule has 3 aliphatic rings. The van der Waals surface area contributed by atoms with E-state index in [4.69, 9.17) is 9.47 Å². The van der Waals surface area contributed by atoms with Crippen LogP contribution in [0.2, 0.25) is 0 Å². The molecule has 1 N–H and O–H groups in total. The summed E-state index contributed by atoms with van der Waals surface area (Å²) in [6.45, 7) is 4.11. The molecule has 2 amide bonds. The Morgan fingerprint density at radius 3 is 2.48 bits per heavy atom. The molecular formula is C19H21NO5. The van der Waals surface area contributed by atoms with Gasteiger partial charge in [0.05, 0.1) is 36.3 Å². The van der Waals surface area contributed by atoms with Crippen molar-refractivity contribution in [3.8, 4) is 5.75 Å². The Morgan fingerprint density at radius 2 is 1.84 bits per heavy atom. The number of aliphatic hydroxyl groups excluding tert-OH is 1. The number of carbonyl (C=O) groups is 2. The van der Waals surface area contributed by atoms with Crippen LogP contribution >= 0.6 is 0 Å². The summed E-state index contributed by atoms with van der Waals surface area (Å²) in [6.07, 6.45) is 4.42. The van der Waals surface area contributed by atoms with Crippen molar-refractivity contribution >= 4 is 17.5 Å². The second-order valence-electron chi connectivity index (χ2n) is 7.04. The molecule has 132 valence electrons. The smallest absolute Gasteiger partial charge is 0.241 e. The first kappa shape index (κ1) is 16.3. The molecular weight excluding hydrogens is 322 g/mol. The van der Waals surface area contributed by atoms with Gasteiger partial charge < -0.3 is 14.6 Å². The highest BCUT2D eigenvalue weighted by atomic mass is 16.5. The minimum atomic E-state index is -1.09. The molecule has 1 aromatic rings. The lowest BCUT2D eigenvalue weighted by molar-refractivity contribution is -0.131. The number of imide groups is 1. The normalized spacial score (nSPS) is 35.6. The van der Waals surface area contributed by atoms with Crippen LogP contribution in [0.3, 0.4) is 0 Å². The molecule has 6 nitrogen and oxygen atoms in total.